The maximum atomic E-state index is 12.3. The van der Waals surface area contributed by atoms with Gasteiger partial charge in [0, 0.05) is 26.3 Å². The van der Waals surface area contributed by atoms with Crippen LogP contribution in [0.3, 0.4) is 0 Å². The lowest BCUT2D eigenvalue weighted by molar-refractivity contribution is -0.132. The van der Waals surface area contributed by atoms with Gasteiger partial charge in [-0.1, -0.05) is 6.07 Å². The van der Waals surface area contributed by atoms with Gasteiger partial charge in [0.15, 0.2) is 0 Å². The lowest BCUT2D eigenvalue weighted by Gasteiger charge is -2.29. The lowest BCUT2D eigenvalue weighted by atomic mass is 10.0. The van der Waals surface area contributed by atoms with Crippen LogP contribution in [0.5, 0.6) is 0 Å². The molecule has 5 nitrogen and oxygen atoms in total. The summed E-state index contributed by atoms with van der Waals surface area (Å²) >= 11 is 1.59. The number of rotatable bonds is 5. The van der Waals surface area contributed by atoms with Gasteiger partial charge in [-0.25, -0.2) is 4.98 Å². The van der Waals surface area contributed by atoms with Gasteiger partial charge in [-0.3, -0.25) is 4.79 Å². The summed E-state index contributed by atoms with van der Waals surface area (Å²) in [6.07, 6.45) is 2.78. The molecule has 1 aliphatic rings. The first-order chi connectivity index (χ1) is 11.1. The van der Waals surface area contributed by atoms with Crippen LogP contribution in [-0.2, 0) is 11.2 Å². The topological polar surface area (TPSA) is 56.7 Å². The fraction of sp³-hybridized carbons (Fsp3) is 0.412. The van der Waals surface area contributed by atoms with Crippen molar-refractivity contribution in [2.45, 2.75) is 18.4 Å². The van der Waals surface area contributed by atoms with E-state index in [1.807, 2.05) is 35.0 Å². The van der Waals surface area contributed by atoms with Gasteiger partial charge < -0.3 is 14.9 Å². The quantitative estimate of drug-likeness (QED) is 0.907. The van der Waals surface area contributed by atoms with E-state index in [4.69, 9.17) is 0 Å². The second kappa shape index (κ2) is 6.68. The fourth-order valence-electron chi connectivity index (χ4n) is 2.95. The normalized spacial score (nSPS) is 20.7. The minimum absolute atomic E-state index is 0.0353. The van der Waals surface area contributed by atoms with Crippen molar-refractivity contribution in [2.75, 3.05) is 31.6 Å². The number of carbonyl (C=O) groups excluding carboxylic acids is 1. The van der Waals surface area contributed by atoms with Crippen LogP contribution in [0.15, 0.2) is 41.2 Å². The molecule has 122 valence electrons. The van der Waals surface area contributed by atoms with E-state index < -0.39 is 5.60 Å². The SMILES string of the molecule is CN(C[C@]1(O)CCN(c2ccccn2)C1)C(=O)Cc1ccsc1. The van der Waals surface area contributed by atoms with E-state index in [1.165, 1.54) is 0 Å². The number of nitrogens with zero attached hydrogens (tertiary/aromatic N) is 3. The van der Waals surface area contributed by atoms with Crippen LogP contribution >= 0.6 is 11.3 Å². The number of likely N-dealkylation sites (N-methyl/N-ethyl adjacent to an activating group) is 1. The molecule has 2 aromatic rings. The van der Waals surface area contributed by atoms with E-state index >= 15 is 0 Å². The number of amides is 1. The molecule has 0 aromatic carbocycles. The van der Waals surface area contributed by atoms with Crippen LogP contribution in [0.25, 0.3) is 0 Å². The van der Waals surface area contributed by atoms with Gasteiger partial charge >= 0.3 is 0 Å². The molecule has 1 fully saturated rings. The lowest BCUT2D eigenvalue weighted by Crippen LogP contribution is -2.46. The van der Waals surface area contributed by atoms with E-state index in [2.05, 4.69) is 9.88 Å². The zero-order valence-electron chi connectivity index (χ0n) is 13.2. The molecule has 1 N–H and O–H groups in total. The summed E-state index contributed by atoms with van der Waals surface area (Å²) in [5.74, 6) is 0.906. The van der Waals surface area contributed by atoms with Crippen LogP contribution in [0, 0.1) is 0 Å². The van der Waals surface area contributed by atoms with Crippen LogP contribution < -0.4 is 4.90 Å². The molecule has 1 saturated heterocycles. The fourth-order valence-corrected chi connectivity index (χ4v) is 3.62. The van der Waals surface area contributed by atoms with Crippen LogP contribution in [0.1, 0.15) is 12.0 Å². The van der Waals surface area contributed by atoms with Crippen molar-refractivity contribution in [1.29, 1.82) is 0 Å². The highest BCUT2D eigenvalue weighted by Gasteiger charge is 2.38. The first kappa shape index (κ1) is 16.0. The third kappa shape index (κ3) is 3.89. The van der Waals surface area contributed by atoms with Gasteiger partial charge in [0.2, 0.25) is 5.91 Å². The summed E-state index contributed by atoms with van der Waals surface area (Å²) in [6, 6.07) is 7.72. The smallest absolute Gasteiger partial charge is 0.226 e. The monoisotopic (exact) mass is 331 g/mol. The standard InChI is InChI=1S/C17H21N3O2S/c1-19(16(21)10-14-5-9-23-11-14)12-17(22)6-8-20(13-17)15-4-2-3-7-18-15/h2-5,7,9,11,22H,6,8,10,12-13H2,1H3/t17-/m1/s1. The van der Waals surface area contributed by atoms with Crippen molar-refractivity contribution in [2.24, 2.45) is 0 Å². The largest absolute Gasteiger partial charge is 0.386 e. The highest BCUT2D eigenvalue weighted by molar-refractivity contribution is 7.07. The minimum Gasteiger partial charge on any atom is -0.386 e. The molecule has 0 aliphatic carbocycles. The average molecular weight is 331 g/mol. The molecule has 23 heavy (non-hydrogen) atoms. The number of β-amino-alcohol motifs (C(OH)–C–C–N with tert-alkyl or cyclic N) is 1. The summed E-state index contributed by atoms with van der Waals surface area (Å²) in [6.45, 7) is 1.60. The number of aromatic nitrogens is 1. The number of hydrogen-bond donors (Lipinski definition) is 1. The molecule has 1 atom stereocenters. The first-order valence-corrected chi connectivity index (χ1v) is 8.63. The van der Waals surface area contributed by atoms with Crippen molar-refractivity contribution in [3.63, 3.8) is 0 Å². The molecule has 0 radical (unpaired) electrons. The molecule has 0 saturated carbocycles. The first-order valence-electron chi connectivity index (χ1n) is 7.69. The van der Waals surface area contributed by atoms with Gasteiger partial charge in [-0.05, 0) is 40.9 Å². The summed E-state index contributed by atoms with van der Waals surface area (Å²) in [5.41, 5.74) is 0.150. The molecular weight excluding hydrogens is 310 g/mol. The van der Waals surface area contributed by atoms with Crippen LogP contribution in [0.2, 0.25) is 0 Å². The molecular formula is C17H21N3O2S. The highest BCUT2D eigenvalue weighted by atomic mass is 32.1. The van der Waals surface area contributed by atoms with Gasteiger partial charge in [0.25, 0.3) is 0 Å². The van der Waals surface area contributed by atoms with E-state index in [0.29, 0.717) is 25.9 Å². The summed E-state index contributed by atoms with van der Waals surface area (Å²) in [4.78, 5) is 20.3. The summed E-state index contributed by atoms with van der Waals surface area (Å²) in [5, 5.41) is 14.8. The highest BCUT2D eigenvalue weighted by Crippen LogP contribution is 2.26. The van der Waals surface area contributed by atoms with E-state index in [9.17, 15) is 9.90 Å². The van der Waals surface area contributed by atoms with Crippen molar-refractivity contribution >= 4 is 23.1 Å². The maximum absolute atomic E-state index is 12.3. The Labute approximate surface area is 140 Å². The molecule has 0 bridgehead atoms. The third-order valence-electron chi connectivity index (χ3n) is 4.20. The molecule has 0 unspecified atom stereocenters. The van der Waals surface area contributed by atoms with Crippen LogP contribution in [0.4, 0.5) is 5.82 Å². The number of anilines is 1. The Kier molecular flexibility index (Phi) is 4.63. The van der Waals surface area contributed by atoms with Crippen molar-refractivity contribution in [1.82, 2.24) is 9.88 Å². The predicted molar refractivity (Wildman–Crippen MR) is 91.7 cm³/mol. The van der Waals surface area contributed by atoms with Crippen molar-refractivity contribution in [3.05, 3.63) is 46.8 Å². The molecule has 3 rings (SSSR count). The third-order valence-corrected chi connectivity index (χ3v) is 4.93. The Morgan fingerprint density at radius 1 is 1.48 bits per heavy atom. The molecule has 1 aliphatic heterocycles. The Bertz CT molecular complexity index is 647. The number of thiophene rings is 1. The van der Waals surface area contributed by atoms with Crippen molar-refractivity contribution < 1.29 is 9.90 Å². The number of hydrogen-bond acceptors (Lipinski definition) is 5. The Hall–Kier alpha value is -1.92. The number of aliphatic hydroxyl groups is 1. The Morgan fingerprint density at radius 3 is 3.04 bits per heavy atom. The Morgan fingerprint density at radius 2 is 2.35 bits per heavy atom. The summed E-state index contributed by atoms with van der Waals surface area (Å²) < 4.78 is 0. The number of carbonyl (C=O) groups is 1. The van der Waals surface area contributed by atoms with Crippen molar-refractivity contribution in [3.8, 4) is 0 Å². The van der Waals surface area contributed by atoms with Gasteiger partial charge in [0.05, 0.1) is 13.0 Å². The Balaban J connectivity index is 1.58. The zero-order chi connectivity index (χ0) is 16.3. The second-order valence-corrected chi connectivity index (χ2v) is 6.92. The van der Waals surface area contributed by atoms with E-state index in [1.54, 1.807) is 29.5 Å². The molecule has 2 aromatic heterocycles. The van der Waals surface area contributed by atoms with Gasteiger partial charge in [0.1, 0.15) is 11.4 Å². The average Bonchev–Trinajstić information content (AvgIpc) is 3.18. The van der Waals surface area contributed by atoms with Gasteiger partial charge in [-0.15, -0.1) is 0 Å². The van der Waals surface area contributed by atoms with Crippen LogP contribution in [-0.4, -0.2) is 53.2 Å². The molecule has 6 heteroatoms. The summed E-state index contributed by atoms with van der Waals surface area (Å²) in [7, 11) is 1.76. The van der Waals surface area contributed by atoms with E-state index in [-0.39, 0.29) is 5.91 Å². The molecule has 1 amide bonds. The molecule has 0 spiro atoms. The molecule has 3 heterocycles. The zero-order valence-corrected chi connectivity index (χ0v) is 14.0. The minimum atomic E-state index is -0.878. The van der Waals surface area contributed by atoms with E-state index in [0.717, 1.165) is 17.9 Å². The second-order valence-electron chi connectivity index (χ2n) is 6.14. The number of pyridine rings is 1. The predicted octanol–water partition coefficient (Wildman–Crippen LogP) is 1.79. The van der Waals surface area contributed by atoms with Gasteiger partial charge in [-0.2, -0.15) is 11.3 Å². The maximum Gasteiger partial charge on any atom is 0.226 e.